The van der Waals surface area contributed by atoms with Crippen LogP contribution in [0.25, 0.3) is 0 Å². The molecule has 0 saturated carbocycles. The Labute approximate surface area is 135 Å². The summed E-state index contributed by atoms with van der Waals surface area (Å²) in [7, 11) is 0. The predicted octanol–water partition coefficient (Wildman–Crippen LogP) is 5.60. The Bertz CT molecular complexity index is 449. The zero-order chi connectivity index (χ0) is 15.8. The molecule has 0 bridgehead atoms. The average Bonchev–Trinajstić information content (AvgIpc) is 2.54. The fourth-order valence-corrected chi connectivity index (χ4v) is 3.27. The minimum absolute atomic E-state index is 0.00161. The van der Waals surface area contributed by atoms with Crippen molar-refractivity contribution in [2.24, 2.45) is 5.92 Å². The molecule has 0 N–H and O–H groups in total. The molecule has 0 spiro atoms. The molecule has 2 heteroatoms. The highest BCUT2D eigenvalue weighted by Gasteiger charge is 2.30. The molecule has 0 aromatic heterocycles. The first-order valence-corrected chi connectivity index (χ1v) is 9.04. The van der Waals surface area contributed by atoms with Crippen LogP contribution >= 0.6 is 0 Å². The van der Waals surface area contributed by atoms with E-state index < -0.39 is 0 Å². The lowest BCUT2D eigenvalue weighted by molar-refractivity contribution is -0.161. The largest absolute Gasteiger partial charge is 0.457 e. The third kappa shape index (κ3) is 4.86. The van der Waals surface area contributed by atoms with Crippen LogP contribution in [0.2, 0.25) is 0 Å². The van der Waals surface area contributed by atoms with Crippen molar-refractivity contribution in [3.05, 3.63) is 35.4 Å². The third-order valence-electron chi connectivity index (χ3n) is 4.68. The molecule has 2 nitrogen and oxygen atoms in total. The van der Waals surface area contributed by atoms with Crippen LogP contribution in [0.5, 0.6) is 0 Å². The zero-order valence-electron chi connectivity index (χ0n) is 14.1. The second-order valence-corrected chi connectivity index (χ2v) is 6.54. The number of hydrogen-bond donors (Lipinski definition) is 0. The molecule has 1 fully saturated rings. The quantitative estimate of drug-likeness (QED) is 0.461. The summed E-state index contributed by atoms with van der Waals surface area (Å²) < 4.78 is 5.65. The van der Waals surface area contributed by atoms with Gasteiger partial charge in [0.2, 0.25) is 0 Å². The van der Waals surface area contributed by atoms with Crippen molar-refractivity contribution < 1.29 is 9.53 Å². The smallest absolute Gasteiger partial charge is 0.309 e. The fourth-order valence-electron chi connectivity index (χ4n) is 3.27. The van der Waals surface area contributed by atoms with E-state index in [-0.39, 0.29) is 18.0 Å². The van der Waals surface area contributed by atoms with Crippen LogP contribution in [0, 0.1) is 5.92 Å². The van der Waals surface area contributed by atoms with Crippen molar-refractivity contribution in [3.8, 4) is 0 Å². The number of aryl methyl sites for hydroxylation is 1. The molecule has 0 aliphatic carbocycles. The molecule has 0 amide bonds. The van der Waals surface area contributed by atoms with Gasteiger partial charge in [-0.3, -0.25) is 4.79 Å². The molecule has 1 aromatic rings. The molecule has 1 aromatic carbocycles. The predicted molar refractivity (Wildman–Crippen MR) is 90.8 cm³/mol. The van der Waals surface area contributed by atoms with Crippen LogP contribution in [0.15, 0.2) is 24.3 Å². The van der Waals surface area contributed by atoms with Crippen LogP contribution in [0.4, 0.5) is 0 Å². The Balaban J connectivity index is 1.84. The van der Waals surface area contributed by atoms with Gasteiger partial charge in [-0.15, -0.1) is 0 Å². The minimum Gasteiger partial charge on any atom is -0.457 e. The Morgan fingerprint density at radius 3 is 2.41 bits per heavy atom. The maximum atomic E-state index is 12.0. The van der Waals surface area contributed by atoms with Crippen molar-refractivity contribution in [1.29, 1.82) is 0 Å². The summed E-state index contributed by atoms with van der Waals surface area (Å²) in [5.41, 5.74) is 2.55. The highest BCUT2D eigenvalue weighted by Crippen LogP contribution is 2.33. The van der Waals surface area contributed by atoms with Gasteiger partial charge in [0.05, 0.1) is 5.92 Å². The van der Waals surface area contributed by atoms with E-state index >= 15 is 0 Å². The topological polar surface area (TPSA) is 26.3 Å². The Hall–Kier alpha value is -1.31. The maximum Gasteiger partial charge on any atom is 0.309 e. The highest BCUT2D eigenvalue weighted by molar-refractivity contribution is 5.73. The molecular weight excluding hydrogens is 272 g/mol. The molecule has 1 saturated heterocycles. The molecule has 1 aliphatic rings. The number of carbonyl (C=O) groups is 1. The van der Waals surface area contributed by atoms with Gasteiger partial charge in [-0.05, 0) is 43.2 Å². The lowest BCUT2D eigenvalue weighted by Gasteiger charge is -2.28. The first-order valence-electron chi connectivity index (χ1n) is 9.04. The molecule has 1 heterocycles. The molecule has 0 radical (unpaired) electrons. The molecule has 1 aliphatic heterocycles. The summed E-state index contributed by atoms with van der Waals surface area (Å²) in [6, 6.07) is 8.70. The van der Waals surface area contributed by atoms with Crippen molar-refractivity contribution in [2.45, 2.75) is 77.7 Å². The number of hydrogen-bond acceptors (Lipinski definition) is 2. The second-order valence-electron chi connectivity index (χ2n) is 6.54. The first-order chi connectivity index (χ1) is 10.7. The summed E-state index contributed by atoms with van der Waals surface area (Å²) in [6.45, 7) is 4.37. The van der Waals surface area contributed by atoms with Gasteiger partial charge in [0.25, 0.3) is 0 Å². The van der Waals surface area contributed by atoms with E-state index in [9.17, 15) is 4.79 Å². The van der Waals surface area contributed by atoms with Crippen LogP contribution < -0.4 is 0 Å². The number of unbranched alkanes of at least 4 members (excludes halogenated alkanes) is 3. The Morgan fingerprint density at radius 1 is 1.00 bits per heavy atom. The fraction of sp³-hybridized carbons (Fsp3) is 0.650. The Morgan fingerprint density at radius 2 is 1.77 bits per heavy atom. The molecule has 2 atom stereocenters. The zero-order valence-corrected chi connectivity index (χ0v) is 14.1. The normalized spacial score (nSPS) is 21.6. The summed E-state index contributed by atoms with van der Waals surface area (Å²) in [4.78, 5) is 12.0. The van der Waals surface area contributed by atoms with Gasteiger partial charge in [0.15, 0.2) is 0 Å². The lowest BCUT2D eigenvalue weighted by atomic mass is 9.91. The highest BCUT2D eigenvalue weighted by atomic mass is 16.5. The van der Waals surface area contributed by atoms with E-state index in [1.165, 1.54) is 31.2 Å². The molecule has 22 heavy (non-hydrogen) atoms. The van der Waals surface area contributed by atoms with Crippen LogP contribution in [0.1, 0.15) is 82.4 Å². The van der Waals surface area contributed by atoms with Gasteiger partial charge >= 0.3 is 5.97 Å². The Kier molecular flexibility index (Phi) is 6.95. The standard InChI is InChI=1S/C20H30O2/c1-3-5-6-7-9-16-10-12-17(13-11-16)19-15-14-18(8-4-2)20(21)22-19/h10-13,18-19H,3-9,14-15H2,1-2H3. The number of esters is 1. The maximum absolute atomic E-state index is 12.0. The molecule has 2 rings (SSSR count). The van der Waals surface area contributed by atoms with E-state index in [1.807, 2.05) is 0 Å². The molecule has 122 valence electrons. The SMILES string of the molecule is CCCCCCc1ccc(C2CCC(CCC)C(=O)O2)cc1. The monoisotopic (exact) mass is 302 g/mol. The van der Waals surface area contributed by atoms with E-state index in [0.717, 1.165) is 37.7 Å². The van der Waals surface area contributed by atoms with E-state index in [0.29, 0.717) is 0 Å². The van der Waals surface area contributed by atoms with Gasteiger partial charge in [-0.2, -0.15) is 0 Å². The number of ether oxygens (including phenoxy) is 1. The number of carbonyl (C=O) groups excluding carboxylic acids is 1. The van der Waals surface area contributed by atoms with Crippen LogP contribution in [-0.2, 0) is 16.0 Å². The first kappa shape index (κ1) is 17.1. The van der Waals surface area contributed by atoms with Gasteiger partial charge in [-0.25, -0.2) is 0 Å². The van der Waals surface area contributed by atoms with E-state index in [1.54, 1.807) is 0 Å². The molecular formula is C20H30O2. The summed E-state index contributed by atoms with van der Waals surface area (Å²) in [5, 5.41) is 0. The van der Waals surface area contributed by atoms with E-state index in [2.05, 4.69) is 38.1 Å². The number of cyclic esters (lactones) is 1. The second kappa shape index (κ2) is 8.97. The molecule has 2 unspecified atom stereocenters. The van der Waals surface area contributed by atoms with Gasteiger partial charge < -0.3 is 4.74 Å². The minimum atomic E-state index is -0.0326. The summed E-state index contributed by atoms with van der Waals surface area (Å²) in [6.07, 6.45) is 10.3. The number of benzene rings is 1. The van der Waals surface area contributed by atoms with Crippen LogP contribution in [-0.4, -0.2) is 5.97 Å². The van der Waals surface area contributed by atoms with Crippen molar-refractivity contribution >= 4 is 5.97 Å². The summed E-state index contributed by atoms with van der Waals surface area (Å²) >= 11 is 0. The summed E-state index contributed by atoms with van der Waals surface area (Å²) in [5.74, 6) is 0.126. The number of rotatable bonds is 8. The average molecular weight is 302 g/mol. The van der Waals surface area contributed by atoms with Crippen LogP contribution in [0.3, 0.4) is 0 Å². The van der Waals surface area contributed by atoms with Gasteiger partial charge in [0.1, 0.15) is 6.10 Å². The van der Waals surface area contributed by atoms with Crippen molar-refractivity contribution in [2.75, 3.05) is 0 Å². The lowest BCUT2D eigenvalue weighted by Crippen LogP contribution is -2.26. The van der Waals surface area contributed by atoms with Crippen molar-refractivity contribution in [3.63, 3.8) is 0 Å². The van der Waals surface area contributed by atoms with Gasteiger partial charge in [-0.1, -0.05) is 63.8 Å². The van der Waals surface area contributed by atoms with Crippen molar-refractivity contribution in [1.82, 2.24) is 0 Å². The van der Waals surface area contributed by atoms with E-state index in [4.69, 9.17) is 4.74 Å². The third-order valence-corrected chi connectivity index (χ3v) is 4.68. The van der Waals surface area contributed by atoms with Gasteiger partial charge in [0, 0.05) is 0 Å².